The molecule has 5 nitrogen and oxygen atoms in total. The fourth-order valence-corrected chi connectivity index (χ4v) is 3.20. The fourth-order valence-electron chi connectivity index (χ4n) is 3.20. The molecule has 1 N–H and O–H groups in total. The van der Waals surface area contributed by atoms with Gasteiger partial charge in [0.1, 0.15) is 5.56 Å². The summed E-state index contributed by atoms with van der Waals surface area (Å²) >= 11 is 0. The minimum Gasteiger partial charge on any atom is -0.493 e. The average Bonchev–Trinajstić information content (AvgIpc) is 3.07. The van der Waals surface area contributed by atoms with Crippen LogP contribution in [0.1, 0.15) is 24.0 Å². The van der Waals surface area contributed by atoms with E-state index in [1.807, 2.05) is 0 Å². The number of rotatable bonds is 5. The third-order valence-electron chi connectivity index (χ3n) is 4.43. The van der Waals surface area contributed by atoms with E-state index in [1.54, 1.807) is 19.2 Å². The van der Waals surface area contributed by atoms with Crippen molar-refractivity contribution in [3.8, 4) is 22.6 Å². The van der Waals surface area contributed by atoms with Crippen LogP contribution >= 0.6 is 0 Å². The zero-order valence-corrected chi connectivity index (χ0v) is 14.9. The van der Waals surface area contributed by atoms with Crippen molar-refractivity contribution in [2.45, 2.75) is 25.3 Å². The molecule has 0 bridgehead atoms. The summed E-state index contributed by atoms with van der Waals surface area (Å²) in [6, 6.07) is 4.45. The highest BCUT2D eigenvalue weighted by molar-refractivity contribution is 6.43. The van der Waals surface area contributed by atoms with Gasteiger partial charge >= 0.3 is 13.3 Å². The standard InChI is InChI=1S/C18H19BF3NO4/c1-3-26-17-15(25-2)5-4-14(16(17)18(20,21)22)12-6-11(8-23-9-12)13-7-19(24)27-10-13/h4-6,8-9,13,24H,3,7,10H2,1-2H3/t13-/m0/s1. The molecule has 0 saturated carbocycles. The Bertz CT molecular complexity index is 816. The number of aromatic nitrogens is 1. The Kier molecular flexibility index (Phi) is 5.62. The van der Waals surface area contributed by atoms with Crippen LogP contribution in [-0.4, -0.2) is 37.4 Å². The number of methoxy groups -OCH3 is 1. The van der Waals surface area contributed by atoms with Crippen molar-refractivity contribution in [1.29, 1.82) is 0 Å². The summed E-state index contributed by atoms with van der Waals surface area (Å²) in [4.78, 5) is 4.10. The van der Waals surface area contributed by atoms with E-state index < -0.39 is 18.9 Å². The lowest BCUT2D eigenvalue weighted by molar-refractivity contribution is -0.138. The first kappa shape index (κ1) is 19.5. The summed E-state index contributed by atoms with van der Waals surface area (Å²) in [6.07, 6.45) is -1.31. The number of pyridine rings is 1. The smallest absolute Gasteiger partial charge is 0.454 e. The van der Waals surface area contributed by atoms with Crippen molar-refractivity contribution in [3.63, 3.8) is 0 Å². The van der Waals surface area contributed by atoms with Crippen LogP contribution in [0, 0.1) is 0 Å². The number of hydrogen-bond donors (Lipinski definition) is 1. The molecule has 1 fully saturated rings. The summed E-state index contributed by atoms with van der Waals surface area (Å²) < 4.78 is 57.1. The first-order chi connectivity index (χ1) is 12.8. The van der Waals surface area contributed by atoms with Gasteiger partial charge in [-0.3, -0.25) is 4.98 Å². The minimum atomic E-state index is -4.64. The number of hydrogen-bond acceptors (Lipinski definition) is 5. The van der Waals surface area contributed by atoms with Gasteiger partial charge in [-0.1, -0.05) is 0 Å². The third kappa shape index (κ3) is 4.04. The summed E-state index contributed by atoms with van der Waals surface area (Å²) in [7, 11) is 0.431. The molecular weight excluding hydrogens is 362 g/mol. The molecule has 144 valence electrons. The Hall–Kier alpha value is -2.26. The van der Waals surface area contributed by atoms with E-state index in [0.717, 1.165) is 0 Å². The number of benzene rings is 1. The average molecular weight is 381 g/mol. The molecule has 0 spiro atoms. The van der Waals surface area contributed by atoms with Gasteiger partial charge < -0.3 is 19.2 Å². The molecule has 1 aromatic heterocycles. The molecule has 27 heavy (non-hydrogen) atoms. The largest absolute Gasteiger partial charge is 0.493 e. The van der Waals surface area contributed by atoms with E-state index in [9.17, 15) is 18.2 Å². The van der Waals surface area contributed by atoms with Crippen LogP contribution < -0.4 is 9.47 Å². The van der Waals surface area contributed by atoms with Gasteiger partial charge in [-0.05, 0) is 42.6 Å². The molecule has 1 atom stereocenters. The van der Waals surface area contributed by atoms with Crippen LogP contribution in [0.15, 0.2) is 30.6 Å². The first-order valence-electron chi connectivity index (χ1n) is 8.51. The molecule has 1 aromatic carbocycles. The van der Waals surface area contributed by atoms with E-state index in [0.29, 0.717) is 24.1 Å². The van der Waals surface area contributed by atoms with Crippen LogP contribution in [0.5, 0.6) is 11.5 Å². The van der Waals surface area contributed by atoms with Crippen LogP contribution in [0.4, 0.5) is 13.2 Å². The van der Waals surface area contributed by atoms with Crippen LogP contribution in [0.2, 0.25) is 6.32 Å². The third-order valence-corrected chi connectivity index (χ3v) is 4.43. The van der Waals surface area contributed by atoms with Crippen molar-refractivity contribution in [2.75, 3.05) is 20.3 Å². The number of ether oxygens (including phenoxy) is 2. The molecule has 0 radical (unpaired) electrons. The van der Waals surface area contributed by atoms with Gasteiger partial charge in [0.15, 0.2) is 11.5 Å². The predicted octanol–water partition coefficient (Wildman–Crippen LogP) is 3.77. The summed E-state index contributed by atoms with van der Waals surface area (Å²) in [5.41, 5.74) is 0.0849. The highest BCUT2D eigenvalue weighted by atomic mass is 19.4. The summed E-state index contributed by atoms with van der Waals surface area (Å²) in [6.45, 7) is 1.98. The Morgan fingerprint density at radius 3 is 2.70 bits per heavy atom. The second-order valence-electron chi connectivity index (χ2n) is 6.18. The van der Waals surface area contributed by atoms with Crippen molar-refractivity contribution >= 4 is 7.12 Å². The van der Waals surface area contributed by atoms with E-state index in [1.165, 1.54) is 25.4 Å². The maximum atomic E-state index is 13.9. The lowest BCUT2D eigenvalue weighted by Gasteiger charge is -2.20. The Morgan fingerprint density at radius 2 is 2.11 bits per heavy atom. The summed E-state index contributed by atoms with van der Waals surface area (Å²) in [5.74, 6) is -0.439. The second-order valence-corrected chi connectivity index (χ2v) is 6.18. The lowest BCUT2D eigenvalue weighted by Crippen LogP contribution is -2.12. The zero-order chi connectivity index (χ0) is 19.6. The van der Waals surface area contributed by atoms with Gasteiger partial charge in [0.25, 0.3) is 0 Å². The zero-order valence-electron chi connectivity index (χ0n) is 14.9. The van der Waals surface area contributed by atoms with Crippen LogP contribution in [0.3, 0.4) is 0 Å². The van der Waals surface area contributed by atoms with Crippen molar-refractivity contribution < 1.29 is 32.3 Å². The second kappa shape index (κ2) is 7.78. The highest BCUT2D eigenvalue weighted by Crippen LogP contribution is 2.47. The van der Waals surface area contributed by atoms with E-state index in [4.69, 9.17) is 14.1 Å². The molecule has 0 unspecified atom stereocenters. The van der Waals surface area contributed by atoms with E-state index >= 15 is 0 Å². The Morgan fingerprint density at radius 1 is 1.33 bits per heavy atom. The Labute approximate surface area is 155 Å². The van der Waals surface area contributed by atoms with Crippen molar-refractivity contribution in [1.82, 2.24) is 4.98 Å². The van der Waals surface area contributed by atoms with Gasteiger partial charge in [0.2, 0.25) is 0 Å². The molecule has 9 heteroatoms. The quantitative estimate of drug-likeness (QED) is 0.800. The van der Waals surface area contributed by atoms with Gasteiger partial charge in [-0.25, -0.2) is 0 Å². The molecule has 2 heterocycles. The first-order valence-corrected chi connectivity index (χ1v) is 8.51. The number of halogens is 3. The SMILES string of the molecule is CCOc1c(OC)ccc(-c2cncc([C@@H]3COB(O)C3)c2)c1C(F)(F)F. The minimum absolute atomic E-state index is 0.0179. The van der Waals surface area contributed by atoms with Crippen molar-refractivity contribution in [3.05, 3.63) is 41.7 Å². The van der Waals surface area contributed by atoms with Crippen molar-refractivity contribution in [2.24, 2.45) is 0 Å². The molecule has 3 rings (SSSR count). The van der Waals surface area contributed by atoms with Crippen LogP contribution in [0.25, 0.3) is 11.1 Å². The molecule has 2 aromatic rings. The molecular formula is C18H19BF3NO4. The van der Waals surface area contributed by atoms with Crippen LogP contribution in [-0.2, 0) is 10.8 Å². The molecule has 1 aliphatic heterocycles. The summed E-state index contributed by atoms with van der Waals surface area (Å²) in [5, 5.41) is 9.53. The Balaban J connectivity index is 2.12. The van der Waals surface area contributed by atoms with E-state index in [-0.39, 0.29) is 29.6 Å². The molecule has 0 aliphatic carbocycles. The number of nitrogens with zero attached hydrogens (tertiary/aromatic N) is 1. The van der Waals surface area contributed by atoms with Gasteiger partial charge in [-0.15, -0.1) is 0 Å². The molecule has 0 amide bonds. The normalized spacial score (nSPS) is 17.3. The lowest BCUT2D eigenvalue weighted by atomic mass is 9.79. The predicted molar refractivity (Wildman–Crippen MR) is 93.9 cm³/mol. The molecule has 1 aliphatic rings. The topological polar surface area (TPSA) is 60.8 Å². The van der Waals surface area contributed by atoms with Gasteiger partial charge in [-0.2, -0.15) is 13.2 Å². The van der Waals surface area contributed by atoms with E-state index in [2.05, 4.69) is 4.98 Å². The highest BCUT2D eigenvalue weighted by Gasteiger charge is 2.39. The van der Waals surface area contributed by atoms with Gasteiger partial charge in [0, 0.05) is 30.5 Å². The maximum Gasteiger partial charge on any atom is 0.454 e. The number of alkyl halides is 3. The van der Waals surface area contributed by atoms with Gasteiger partial charge in [0.05, 0.1) is 13.7 Å². The maximum absolute atomic E-state index is 13.9. The molecule has 1 saturated heterocycles. The fraction of sp³-hybridized carbons (Fsp3) is 0.389. The monoisotopic (exact) mass is 381 g/mol.